The summed E-state index contributed by atoms with van der Waals surface area (Å²) in [6, 6.07) is 5.77. The number of rotatable bonds is 5. The minimum absolute atomic E-state index is 0.114. The zero-order valence-corrected chi connectivity index (χ0v) is 19.0. The molecule has 34 heavy (non-hydrogen) atoms. The normalized spacial score (nSPS) is 16.2. The van der Waals surface area contributed by atoms with Crippen LogP contribution in [-0.2, 0) is 14.6 Å². The maximum absolute atomic E-state index is 14.4. The molecular weight excluding hydrogens is 484 g/mol. The molecule has 0 N–H and O–H groups in total. The number of hydrogen-bond acceptors (Lipinski definition) is 6. The Morgan fingerprint density at radius 1 is 1.15 bits per heavy atom. The molecule has 0 aliphatic carbocycles. The van der Waals surface area contributed by atoms with Crippen LogP contribution >= 0.6 is 0 Å². The summed E-state index contributed by atoms with van der Waals surface area (Å²) >= 11 is 0. The predicted molar refractivity (Wildman–Crippen MR) is 112 cm³/mol. The molecule has 0 spiro atoms. The minimum Gasteiger partial charge on any atom is -0.490 e. The van der Waals surface area contributed by atoms with E-state index >= 15 is 0 Å². The van der Waals surface area contributed by atoms with Crippen molar-refractivity contribution < 1.29 is 40.2 Å². The Morgan fingerprint density at radius 2 is 1.79 bits per heavy atom. The SMILES string of the molecule is CC(OC(=O)N1CCC(Oc2ccn(-c3ccc(S(C)(=O)=O)cc3F)c(=O)c2)CC1)C(F)(F)F. The van der Waals surface area contributed by atoms with Gasteiger partial charge < -0.3 is 14.4 Å². The quantitative estimate of drug-likeness (QED) is 0.578. The first-order chi connectivity index (χ1) is 15.8. The summed E-state index contributed by atoms with van der Waals surface area (Å²) in [7, 11) is -3.61. The lowest BCUT2D eigenvalue weighted by atomic mass is 10.1. The molecule has 3 rings (SSSR count). The Morgan fingerprint density at radius 3 is 2.32 bits per heavy atom. The van der Waals surface area contributed by atoms with Crippen molar-refractivity contribution in [1.29, 1.82) is 0 Å². The van der Waals surface area contributed by atoms with Crippen molar-refractivity contribution in [2.75, 3.05) is 19.3 Å². The Kier molecular flexibility index (Phi) is 7.24. The lowest BCUT2D eigenvalue weighted by Gasteiger charge is -2.32. The number of ether oxygens (including phenoxy) is 2. The first kappa shape index (κ1) is 25.5. The summed E-state index contributed by atoms with van der Waals surface area (Å²) in [5, 5.41) is 0. The van der Waals surface area contributed by atoms with E-state index in [2.05, 4.69) is 4.74 Å². The van der Waals surface area contributed by atoms with E-state index in [4.69, 9.17) is 4.74 Å². The van der Waals surface area contributed by atoms with E-state index in [1.165, 1.54) is 24.4 Å². The third kappa shape index (κ3) is 6.07. The molecule has 0 radical (unpaired) electrons. The number of benzene rings is 1. The second-order valence-electron chi connectivity index (χ2n) is 7.83. The summed E-state index contributed by atoms with van der Waals surface area (Å²) < 4.78 is 86.3. The summed E-state index contributed by atoms with van der Waals surface area (Å²) in [6.07, 6.45) is -5.49. The van der Waals surface area contributed by atoms with Gasteiger partial charge in [-0.1, -0.05) is 0 Å². The summed E-state index contributed by atoms with van der Waals surface area (Å²) in [5.41, 5.74) is -0.755. The van der Waals surface area contributed by atoms with E-state index in [-0.39, 0.29) is 29.4 Å². The third-order valence-electron chi connectivity index (χ3n) is 5.24. The number of piperidine rings is 1. The number of nitrogens with zero attached hydrogens (tertiary/aromatic N) is 2. The van der Waals surface area contributed by atoms with Gasteiger partial charge in [-0.15, -0.1) is 0 Å². The number of carbonyl (C=O) groups excluding carboxylic acids is 1. The molecule has 1 aromatic heterocycles. The Hall–Kier alpha value is -3.09. The number of amides is 1. The van der Waals surface area contributed by atoms with Crippen molar-refractivity contribution in [2.24, 2.45) is 0 Å². The minimum atomic E-state index is -4.64. The summed E-state index contributed by atoms with van der Waals surface area (Å²) in [6.45, 7) is 0.980. The molecule has 1 amide bonds. The Labute approximate surface area is 192 Å². The average molecular weight is 506 g/mol. The smallest absolute Gasteiger partial charge is 0.425 e. The number of likely N-dealkylation sites (tertiary alicyclic amines) is 1. The lowest BCUT2D eigenvalue weighted by Crippen LogP contribution is -2.44. The van der Waals surface area contributed by atoms with Crippen molar-refractivity contribution in [3.05, 3.63) is 52.7 Å². The lowest BCUT2D eigenvalue weighted by molar-refractivity contribution is -0.200. The van der Waals surface area contributed by atoms with E-state index in [1.54, 1.807) is 0 Å². The topological polar surface area (TPSA) is 94.9 Å². The highest BCUT2D eigenvalue weighted by molar-refractivity contribution is 7.90. The van der Waals surface area contributed by atoms with Gasteiger partial charge in [0.1, 0.15) is 17.7 Å². The van der Waals surface area contributed by atoms with Gasteiger partial charge in [-0.25, -0.2) is 17.6 Å². The van der Waals surface area contributed by atoms with Crippen molar-refractivity contribution in [2.45, 2.75) is 43.0 Å². The number of halogens is 4. The van der Waals surface area contributed by atoms with Crippen LogP contribution in [0, 0.1) is 5.82 Å². The third-order valence-corrected chi connectivity index (χ3v) is 6.35. The fraction of sp³-hybridized carbons (Fsp3) is 0.429. The molecule has 13 heteroatoms. The zero-order chi connectivity index (χ0) is 25.3. The van der Waals surface area contributed by atoms with Crippen molar-refractivity contribution in [3.8, 4) is 11.4 Å². The van der Waals surface area contributed by atoms with Crippen LogP contribution in [0.4, 0.5) is 22.4 Å². The van der Waals surface area contributed by atoms with Gasteiger partial charge in [0, 0.05) is 44.5 Å². The average Bonchev–Trinajstić information content (AvgIpc) is 2.73. The largest absolute Gasteiger partial charge is 0.490 e. The van der Waals surface area contributed by atoms with E-state index in [0.29, 0.717) is 12.8 Å². The van der Waals surface area contributed by atoms with Crippen LogP contribution in [0.3, 0.4) is 0 Å². The van der Waals surface area contributed by atoms with Crippen LogP contribution in [0.5, 0.6) is 5.75 Å². The van der Waals surface area contributed by atoms with E-state index in [0.717, 1.165) is 34.8 Å². The molecule has 1 fully saturated rings. The number of hydrogen-bond donors (Lipinski definition) is 0. The second kappa shape index (κ2) is 9.65. The predicted octanol–water partition coefficient (Wildman–Crippen LogP) is 3.31. The Bertz CT molecular complexity index is 1220. The van der Waals surface area contributed by atoms with Crippen molar-refractivity contribution >= 4 is 15.9 Å². The molecule has 1 aliphatic rings. The van der Waals surface area contributed by atoms with Gasteiger partial charge in [0.25, 0.3) is 5.56 Å². The molecule has 1 aliphatic heterocycles. The molecule has 186 valence electrons. The van der Waals surface area contributed by atoms with Gasteiger partial charge in [-0.2, -0.15) is 13.2 Å². The molecule has 1 saturated heterocycles. The molecule has 2 aromatic rings. The number of carbonyl (C=O) groups is 1. The summed E-state index contributed by atoms with van der Waals surface area (Å²) in [4.78, 5) is 25.3. The molecule has 8 nitrogen and oxygen atoms in total. The van der Waals surface area contributed by atoms with E-state index in [1.807, 2.05) is 0 Å². The monoisotopic (exact) mass is 506 g/mol. The molecule has 0 saturated carbocycles. The molecule has 0 bridgehead atoms. The van der Waals surface area contributed by atoms with Crippen LogP contribution < -0.4 is 10.3 Å². The van der Waals surface area contributed by atoms with Gasteiger partial charge in [0.15, 0.2) is 15.9 Å². The fourth-order valence-corrected chi connectivity index (χ4v) is 3.92. The van der Waals surface area contributed by atoms with Gasteiger partial charge in [-0.3, -0.25) is 9.36 Å². The van der Waals surface area contributed by atoms with Gasteiger partial charge >= 0.3 is 12.3 Å². The molecule has 1 aromatic carbocycles. The highest BCUT2D eigenvalue weighted by Crippen LogP contribution is 2.24. The number of aromatic nitrogens is 1. The van der Waals surface area contributed by atoms with Crippen LogP contribution in [0.1, 0.15) is 19.8 Å². The summed E-state index contributed by atoms with van der Waals surface area (Å²) in [5.74, 6) is -0.695. The maximum Gasteiger partial charge on any atom is 0.425 e. The second-order valence-corrected chi connectivity index (χ2v) is 9.84. The fourth-order valence-electron chi connectivity index (χ4n) is 3.29. The molecule has 1 atom stereocenters. The molecule has 1 unspecified atom stereocenters. The highest BCUT2D eigenvalue weighted by atomic mass is 32.2. The maximum atomic E-state index is 14.4. The van der Waals surface area contributed by atoms with Crippen LogP contribution in [0.15, 0.2) is 46.2 Å². The van der Waals surface area contributed by atoms with Crippen LogP contribution in [-0.4, -0.2) is 61.7 Å². The van der Waals surface area contributed by atoms with Crippen LogP contribution in [0.2, 0.25) is 0 Å². The van der Waals surface area contributed by atoms with E-state index in [9.17, 15) is 35.6 Å². The van der Waals surface area contributed by atoms with E-state index < -0.39 is 45.7 Å². The molecule has 2 heterocycles. The standard InChI is InChI=1S/C21H22F4N2O6S/c1-13(21(23,24)25)32-20(29)26-8-5-14(6-9-26)33-15-7-10-27(19(28)11-15)18-4-3-16(12-17(18)22)34(2,30)31/h3-4,7,10-14H,5-6,8-9H2,1-2H3. The first-order valence-corrected chi connectivity index (χ1v) is 12.1. The highest BCUT2D eigenvalue weighted by Gasteiger charge is 2.40. The van der Waals surface area contributed by atoms with Crippen molar-refractivity contribution in [3.63, 3.8) is 0 Å². The van der Waals surface area contributed by atoms with Gasteiger partial charge in [0.05, 0.1) is 10.6 Å². The Balaban J connectivity index is 1.62. The number of alkyl halides is 3. The molecular formula is C21H22F4N2O6S. The van der Waals surface area contributed by atoms with Gasteiger partial charge in [0.2, 0.25) is 0 Å². The van der Waals surface area contributed by atoms with Gasteiger partial charge in [-0.05, 0) is 31.2 Å². The number of pyridine rings is 1. The number of sulfone groups is 1. The van der Waals surface area contributed by atoms with Crippen molar-refractivity contribution in [1.82, 2.24) is 9.47 Å². The zero-order valence-electron chi connectivity index (χ0n) is 18.2. The first-order valence-electron chi connectivity index (χ1n) is 10.2. The van der Waals surface area contributed by atoms with Crippen LogP contribution in [0.25, 0.3) is 5.69 Å².